The normalized spacial score (nSPS) is 18.3. The number of hydrogen-bond acceptors (Lipinski definition) is 7. The molecular weight excluding hydrogens is 514 g/mol. The molecule has 1 aliphatic heterocycles. The van der Waals surface area contributed by atoms with Crippen molar-refractivity contribution in [2.24, 2.45) is 0 Å². The number of carboxylic acid groups (broad SMARTS) is 1. The number of nitrogens with one attached hydrogen (secondary N) is 1. The molecule has 0 saturated heterocycles. The molecule has 2 atom stereocenters. The van der Waals surface area contributed by atoms with Gasteiger partial charge in [0.05, 0.1) is 31.2 Å². The molecule has 0 amide bonds. The molecule has 2 aliphatic rings. The van der Waals surface area contributed by atoms with E-state index in [1.807, 2.05) is 36.6 Å². The number of carbonyl (C=O) groups excluding carboxylic acids is 1. The Morgan fingerprint density at radius 3 is 2.59 bits per heavy atom. The number of anilines is 1. The van der Waals surface area contributed by atoms with E-state index in [1.165, 1.54) is 4.88 Å². The number of benzene rings is 2. The van der Waals surface area contributed by atoms with Gasteiger partial charge in [-0.1, -0.05) is 24.3 Å². The average Bonchev–Trinajstić information content (AvgIpc) is 3.60. The first-order valence-electron chi connectivity index (χ1n) is 12.6. The Bertz CT molecular complexity index is 1640. The molecule has 0 unspecified atom stereocenters. The van der Waals surface area contributed by atoms with Gasteiger partial charge >= 0.3 is 5.97 Å². The Morgan fingerprint density at radius 1 is 1.08 bits per heavy atom. The van der Waals surface area contributed by atoms with E-state index in [0.717, 1.165) is 22.4 Å². The number of fused-ring (bicyclic) bond motifs is 1. The lowest BCUT2D eigenvalue weighted by molar-refractivity contribution is -0.116. The summed E-state index contributed by atoms with van der Waals surface area (Å²) < 4.78 is 12.7. The van der Waals surface area contributed by atoms with Gasteiger partial charge in [-0.25, -0.2) is 9.48 Å². The standard InChI is InChI=1S/C30H27N3O5S/c1-16-26-27(17-10-11-23(37-2)24(15-17)38-3)28-20(13-18(14-22(28)34)25-9-6-12-39-25)31-29(26)33(32-16)21-8-5-4-7-19(21)30(35)36/h4-12,15,18,27,31H,13-14H2,1-3H3,(H,35,36)/t18-,27-/m1/s1. The van der Waals surface area contributed by atoms with Crippen molar-refractivity contribution in [2.45, 2.75) is 31.6 Å². The fourth-order valence-electron chi connectivity index (χ4n) is 5.78. The van der Waals surface area contributed by atoms with E-state index in [4.69, 9.17) is 14.6 Å². The van der Waals surface area contributed by atoms with Gasteiger partial charge in [-0.15, -0.1) is 11.3 Å². The first-order valence-corrected chi connectivity index (χ1v) is 13.5. The summed E-state index contributed by atoms with van der Waals surface area (Å²) in [5.74, 6) is 0.548. The van der Waals surface area contributed by atoms with Crippen molar-refractivity contribution in [1.29, 1.82) is 0 Å². The average molecular weight is 542 g/mol. The Morgan fingerprint density at radius 2 is 1.87 bits per heavy atom. The fraction of sp³-hybridized carbons (Fsp3) is 0.233. The summed E-state index contributed by atoms with van der Waals surface area (Å²) in [6.45, 7) is 1.89. The van der Waals surface area contributed by atoms with Crippen LogP contribution in [0.3, 0.4) is 0 Å². The van der Waals surface area contributed by atoms with Crippen LogP contribution in [-0.2, 0) is 4.79 Å². The summed E-state index contributed by atoms with van der Waals surface area (Å²) in [6.07, 6.45) is 1.09. The molecule has 2 N–H and O–H groups in total. The SMILES string of the molecule is COc1ccc([C@H]2C3=C(C[C@@H](c4cccs4)CC3=O)Nc3c2c(C)nn3-c2ccccc2C(=O)O)cc1OC. The maximum Gasteiger partial charge on any atom is 0.337 e. The van der Waals surface area contributed by atoms with Crippen LogP contribution in [0.15, 0.2) is 71.2 Å². The number of carbonyl (C=O) groups is 2. The summed E-state index contributed by atoms with van der Waals surface area (Å²) in [5.41, 5.74) is 4.57. The van der Waals surface area contributed by atoms with E-state index >= 15 is 0 Å². The predicted molar refractivity (Wildman–Crippen MR) is 149 cm³/mol. The number of Topliss-reactive ketones (excluding diaryl/α,β-unsaturated/α-hetero) is 1. The number of hydrogen-bond donors (Lipinski definition) is 2. The number of rotatable bonds is 6. The highest BCUT2D eigenvalue weighted by molar-refractivity contribution is 7.10. The number of carboxylic acids is 1. The number of para-hydroxylation sites is 1. The predicted octanol–water partition coefficient (Wildman–Crippen LogP) is 5.92. The van der Waals surface area contributed by atoms with Crippen molar-refractivity contribution in [3.63, 3.8) is 0 Å². The topological polar surface area (TPSA) is 103 Å². The molecule has 39 heavy (non-hydrogen) atoms. The fourth-order valence-corrected chi connectivity index (χ4v) is 6.61. The largest absolute Gasteiger partial charge is 0.493 e. The zero-order valence-electron chi connectivity index (χ0n) is 21.7. The Hall–Kier alpha value is -4.37. The summed E-state index contributed by atoms with van der Waals surface area (Å²) in [5, 5.41) is 20.3. The zero-order chi connectivity index (χ0) is 27.3. The van der Waals surface area contributed by atoms with Crippen LogP contribution in [-0.4, -0.2) is 40.9 Å². The molecule has 9 heteroatoms. The number of aromatic carboxylic acids is 1. The molecule has 3 heterocycles. The lowest BCUT2D eigenvalue weighted by Gasteiger charge is -2.35. The second-order valence-corrected chi connectivity index (χ2v) is 10.7. The van der Waals surface area contributed by atoms with Crippen molar-refractivity contribution in [3.8, 4) is 17.2 Å². The van der Waals surface area contributed by atoms with Gasteiger partial charge in [0.15, 0.2) is 17.3 Å². The van der Waals surface area contributed by atoms with E-state index in [2.05, 4.69) is 11.4 Å². The second kappa shape index (κ2) is 9.74. The van der Waals surface area contributed by atoms with Crippen LogP contribution in [0.25, 0.3) is 5.69 Å². The molecule has 8 nitrogen and oxygen atoms in total. The molecular formula is C30H27N3O5S. The minimum atomic E-state index is -1.04. The van der Waals surface area contributed by atoms with Crippen molar-refractivity contribution in [1.82, 2.24) is 9.78 Å². The van der Waals surface area contributed by atoms with Crippen LogP contribution in [0, 0.1) is 6.92 Å². The monoisotopic (exact) mass is 541 g/mol. The van der Waals surface area contributed by atoms with Crippen LogP contribution in [0.4, 0.5) is 5.82 Å². The van der Waals surface area contributed by atoms with Gasteiger partial charge in [-0.05, 0) is 54.6 Å². The van der Waals surface area contributed by atoms with Gasteiger partial charge in [0.2, 0.25) is 0 Å². The van der Waals surface area contributed by atoms with Crippen LogP contribution in [0.2, 0.25) is 0 Å². The van der Waals surface area contributed by atoms with Gasteiger partial charge < -0.3 is 19.9 Å². The van der Waals surface area contributed by atoms with Crippen LogP contribution in [0.1, 0.15) is 56.7 Å². The first kappa shape index (κ1) is 24.9. The van der Waals surface area contributed by atoms with Crippen molar-refractivity contribution in [3.05, 3.63) is 98.5 Å². The van der Waals surface area contributed by atoms with Crippen LogP contribution in [0.5, 0.6) is 11.5 Å². The van der Waals surface area contributed by atoms with E-state index in [-0.39, 0.29) is 17.3 Å². The summed E-state index contributed by atoms with van der Waals surface area (Å²) in [6, 6.07) is 16.6. The number of nitrogens with zero attached hydrogens (tertiary/aromatic N) is 2. The van der Waals surface area contributed by atoms with E-state index in [1.54, 1.807) is 54.5 Å². The smallest absolute Gasteiger partial charge is 0.337 e. The lowest BCUT2D eigenvalue weighted by atomic mass is 9.73. The molecule has 6 rings (SSSR count). The Balaban J connectivity index is 1.58. The number of methoxy groups -OCH3 is 2. The van der Waals surface area contributed by atoms with E-state index < -0.39 is 11.9 Å². The third-order valence-electron chi connectivity index (χ3n) is 7.51. The summed E-state index contributed by atoms with van der Waals surface area (Å²) >= 11 is 1.66. The minimum absolute atomic E-state index is 0.0696. The number of aromatic nitrogens is 2. The van der Waals surface area contributed by atoms with Crippen LogP contribution < -0.4 is 14.8 Å². The van der Waals surface area contributed by atoms with E-state index in [9.17, 15) is 14.7 Å². The van der Waals surface area contributed by atoms with Gasteiger partial charge in [-0.2, -0.15) is 5.10 Å². The summed E-state index contributed by atoms with van der Waals surface area (Å²) in [4.78, 5) is 27.1. The van der Waals surface area contributed by atoms with Gasteiger partial charge in [0.1, 0.15) is 5.82 Å². The lowest BCUT2D eigenvalue weighted by Crippen LogP contribution is -2.30. The highest BCUT2D eigenvalue weighted by atomic mass is 32.1. The molecule has 198 valence electrons. The maximum absolute atomic E-state index is 13.9. The molecule has 0 bridgehead atoms. The zero-order valence-corrected chi connectivity index (χ0v) is 22.5. The number of thiophene rings is 1. The highest BCUT2D eigenvalue weighted by Gasteiger charge is 2.42. The molecule has 4 aromatic rings. The molecule has 1 aliphatic carbocycles. The van der Waals surface area contributed by atoms with Gasteiger partial charge in [0, 0.05) is 40.0 Å². The molecule has 0 saturated carbocycles. The maximum atomic E-state index is 13.9. The van der Waals surface area contributed by atoms with Crippen molar-refractivity contribution < 1.29 is 24.2 Å². The van der Waals surface area contributed by atoms with Crippen LogP contribution >= 0.6 is 11.3 Å². The summed E-state index contributed by atoms with van der Waals surface area (Å²) in [7, 11) is 3.17. The second-order valence-electron chi connectivity index (χ2n) is 9.69. The van der Waals surface area contributed by atoms with Gasteiger partial charge in [-0.3, -0.25) is 4.79 Å². The number of aryl methyl sites for hydroxylation is 1. The molecule has 2 aromatic heterocycles. The minimum Gasteiger partial charge on any atom is -0.493 e. The van der Waals surface area contributed by atoms with Gasteiger partial charge in [0.25, 0.3) is 0 Å². The van der Waals surface area contributed by atoms with Crippen molar-refractivity contribution in [2.75, 3.05) is 19.5 Å². The third-order valence-corrected chi connectivity index (χ3v) is 8.55. The van der Waals surface area contributed by atoms with E-state index in [0.29, 0.717) is 41.5 Å². The number of allylic oxidation sites excluding steroid dienone is 2. The molecule has 2 aromatic carbocycles. The first-order chi connectivity index (χ1) is 18.9. The molecule has 0 radical (unpaired) electrons. The molecule has 0 fully saturated rings. The van der Waals surface area contributed by atoms with Crippen molar-refractivity contribution >= 4 is 28.9 Å². The quantitative estimate of drug-likeness (QED) is 0.313. The number of ether oxygens (including phenoxy) is 2. The third kappa shape index (κ3) is 4.10. The number of ketones is 1. The Labute approximate surface area is 229 Å². The molecule has 0 spiro atoms. The highest BCUT2D eigenvalue weighted by Crippen LogP contribution is 2.50. The Kier molecular flexibility index (Phi) is 6.23.